The van der Waals surface area contributed by atoms with E-state index in [1.165, 1.54) is 0 Å². The molecule has 2 unspecified atom stereocenters. The molecule has 2 aliphatic heterocycles. The van der Waals surface area contributed by atoms with E-state index >= 15 is 0 Å². The number of ether oxygens (including phenoxy) is 1. The maximum atomic E-state index is 12.1. The van der Waals surface area contributed by atoms with Crippen LogP contribution in [0.25, 0.3) is 0 Å². The number of halogens is 2. The molecule has 1 aromatic carbocycles. The summed E-state index contributed by atoms with van der Waals surface area (Å²) >= 11 is 6.13. The van der Waals surface area contributed by atoms with Crippen LogP contribution in [0.3, 0.4) is 0 Å². The van der Waals surface area contributed by atoms with Gasteiger partial charge in [-0.2, -0.15) is 0 Å². The van der Waals surface area contributed by atoms with Crippen molar-refractivity contribution in [1.82, 2.24) is 10.6 Å². The fourth-order valence-electron chi connectivity index (χ4n) is 2.94. The van der Waals surface area contributed by atoms with Crippen LogP contribution in [-0.4, -0.2) is 25.1 Å². The molecule has 0 aliphatic carbocycles. The molecule has 1 saturated heterocycles. The lowest BCUT2D eigenvalue weighted by atomic mass is 10.00. The van der Waals surface area contributed by atoms with Crippen molar-refractivity contribution in [3.05, 3.63) is 28.8 Å². The van der Waals surface area contributed by atoms with Crippen LogP contribution in [0.15, 0.2) is 18.2 Å². The van der Waals surface area contributed by atoms with Gasteiger partial charge in [-0.15, -0.1) is 12.4 Å². The molecule has 6 heteroatoms. The van der Waals surface area contributed by atoms with E-state index in [-0.39, 0.29) is 24.4 Å². The average Bonchev–Trinajstić information content (AvgIpc) is 2.93. The van der Waals surface area contributed by atoms with Gasteiger partial charge in [0.05, 0.1) is 17.7 Å². The lowest BCUT2D eigenvalue weighted by molar-refractivity contribution is -0.122. The molecule has 0 bridgehead atoms. The quantitative estimate of drug-likeness (QED) is 0.895. The topological polar surface area (TPSA) is 50.4 Å². The molecule has 116 valence electrons. The molecule has 4 nitrogen and oxygen atoms in total. The molecule has 0 aromatic heterocycles. The van der Waals surface area contributed by atoms with Crippen LogP contribution in [-0.2, 0) is 4.79 Å². The molecule has 0 saturated carbocycles. The van der Waals surface area contributed by atoms with Crippen LogP contribution in [0.4, 0.5) is 0 Å². The van der Waals surface area contributed by atoms with E-state index in [4.69, 9.17) is 16.3 Å². The SMILES string of the molecule is Cl.O=C(CC1CCCN1)NC1CCOc2c(Cl)cccc21. The minimum atomic E-state index is 0. The molecule has 3 rings (SSSR count). The Labute approximate surface area is 136 Å². The molecular formula is C15H20Cl2N2O2. The Morgan fingerprint density at radius 1 is 1.43 bits per heavy atom. The number of carbonyl (C=O) groups excluding carboxylic acids is 1. The van der Waals surface area contributed by atoms with Gasteiger partial charge in [-0.25, -0.2) is 0 Å². The first-order valence-electron chi connectivity index (χ1n) is 7.18. The molecule has 0 radical (unpaired) electrons. The summed E-state index contributed by atoms with van der Waals surface area (Å²) in [6.07, 6.45) is 3.59. The highest BCUT2D eigenvalue weighted by molar-refractivity contribution is 6.32. The summed E-state index contributed by atoms with van der Waals surface area (Å²) in [7, 11) is 0. The molecule has 0 spiro atoms. The number of benzene rings is 1. The number of amides is 1. The highest BCUT2D eigenvalue weighted by Crippen LogP contribution is 2.37. The predicted octanol–water partition coefficient (Wildman–Crippen LogP) is 2.84. The van der Waals surface area contributed by atoms with E-state index in [0.29, 0.717) is 29.8 Å². The molecule has 2 N–H and O–H groups in total. The van der Waals surface area contributed by atoms with Crippen molar-refractivity contribution in [2.45, 2.75) is 37.8 Å². The second-order valence-corrected chi connectivity index (χ2v) is 5.82. The van der Waals surface area contributed by atoms with Crippen LogP contribution in [0, 0.1) is 0 Å². The lowest BCUT2D eigenvalue weighted by Gasteiger charge is -2.27. The summed E-state index contributed by atoms with van der Waals surface area (Å²) in [5, 5.41) is 7.07. The van der Waals surface area contributed by atoms with Crippen molar-refractivity contribution in [1.29, 1.82) is 0 Å². The van der Waals surface area contributed by atoms with Gasteiger partial charge in [0.2, 0.25) is 5.91 Å². The molecule has 2 heterocycles. The average molecular weight is 331 g/mol. The van der Waals surface area contributed by atoms with Crippen molar-refractivity contribution in [3.8, 4) is 5.75 Å². The van der Waals surface area contributed by atoms with E-state index in [1.54, 1.807) is 0 Å². The van der Waals surface area contributed by atoms with Crippen LogP contribution < -0.4 is 15.4 Å². The predicted molar refractivity (Wildman–Crippen MR) is 85.3 cm³/mol. The summed E-state index contributed by atoms with van der Waals surface area (Å²) in [6.45, 7) is 1.61. The fraction of sp³-hybridized carbons (Fsp3) is 0.533. The van der Waals surface area contributed by atoms with Crippen molar-refractivity contribution in [3.63, 3.8) is 0 Å². The number of nitrogens with one attached hydrogen (secondary N) is 2. The standard InChI is InChI=1S/C15H19ClN2O2.ClH/c16-12-5-1-4-11-13(6-8-20-15(11)12)18-14(19)9-10-3-2-7-17-10;/h1,4-5,10,13,17H,2-3,6-9H2,(H,18,19);1H. The minimum absolute atomic E-state index is 0. The van der Waals surface area contributed by atoms with Crippen molar-refractivity contribution in [2.75, 3.05) is 13.2 Å². The third-order valence-corrected chi connectivity index (χ3v) is 4.25. The molecule has 2 aliphatic rings. The summed E-state index contributed by atoms with van der Waals surface area (Å²) in [4.78, 5) is 12.1. The van der Waals surface area contributed by atoms with Gasteiger partial charge in [0.25, 0.3) is 0 Å². The Balaban J connectivity index is 0.00000161. The van der Waals surface area contributed by atoms with Gasteiger partial charge in [-0.3, -0.25) is 4.79 Å². The third kappa shape index (κ3) is 3.82. The fourth-order valence-corrected chi connectivity index (χ4v) is 3.18. The monoisotopic (exact) mass is 330 g/mol. The van der Waals surface area contributed by atoms with Gasteiger partial charge in [-0.05, 0) is 25.5 Å². The van der Waals surface area contributed by atoms with Crippen molar-refractivity contribution >= 4 is 29.9 Å². The van der Waals surface area contributed by atoms with Crippen molar-refractivity contribution < 1.29 is 9.53 Å². The maximum absolute atomic E-state index is 12.1. The zero-order chi connectivity index (χ0) is 13.9. The summed E-state index contributed by atoms with van der Waals surface area (Å²) in [6, 6.07) is 6.01. The summed E-state index contributed by atoms with van der Waals surface area (Å²) in [5.41, 5.74) is 0.983. The van der Waals surface area contributed by atoms with Crippen LogP contribution in [0.5, 0.6) is 5.75 Å². The Bertz CT molecular complexity index is 504. The number of hydrogen-bond donors (Lipinski definition) is 2. The van der Waals surface area contributed by atoms with Gasteiger partial charge in [0.15, 0.2) is 0 Å². The van der Waals surface area contributed by atoms with Crippen LogP contribution in [0.2, 0.25) is 5.02 Å². The Morgan fingerprint density at radius 3 is 3.05 bits per heavy atom. The largest absolute Gasteiger partial charge is 0.492 e. The summed E-state index contributed by atoms with van der Waals surface area (Å²) < 4.78 is 5.60. The second-order valence-electron chi connectivity index (χ2n) is 5.41. The van der Waals surface area contributed by atoms with E-state index in [2.05, 4.69) is 10.6 Å². The number of hydrogen-bond acceptors (Lipinski definition) is 3. The van der Waals surface area contributed by atoms with E-state index in [9.17, 15) is 4.79 Å². The molecular weight excluding hydrogens is 311 g/mol. The first kappa shape index (κ1) is 16.4. The number of carbonyl (C=O) groups is 1. The zero-order valence-electron chi connectivity index (χ0n) is 11.7. The first-order chi connectivity index (χ1) is 9.74. The van der Waals surface area contributed by atoms with Crippen LogP contribution >= 0.6 is 24.0 Å². The molecule has 1 amide bonds. The second kappa shape index (κ2) is 7.34. The van der Waals surface area contributed by atoms with E-state index in [0.717, 1.165) is 31.4 Å². The minimum Gasteiger partial charge on any atom is -0.492 e. The Hall–Kier alpha value is -0.970. The maximum Gasteiger partial charge on any atom is 0.222 e. The smallest absolute Gasteiger partial charge is 0.222 e. The number of para-hydroxylation sites is 1. The highest BCUT2D eigenvalue weighted by Gasteiger charge is 2.26. The van der Waals surface area contributed by atoms with Gasteiger partial charge in [0, 0.05) is 24.4 Å². The van der Waals surface area contributed by atoms with E-state index < -0.39 is 0 Å². The first-order valence-corrected chi connectivity index (χ1v) is 7.56. The molecule has 1 fully saturated rings. The lowest BCUT2D eigenvalue weighted by Crippen LogP contribution is -2.36. The van der Waals surface area contributed by atoms with Crippen LogP contribution in [0.1, 0.15) is 37.3 Å². The van der Waals surface area contributed by atoms with Gasteiger partial charge in [0.1, 0.15) is 5.75 Å². The van der Waals surface area contributed by atoms with E-state index in [1.807, 2.05) is 18.2 Å². The molecule has 1 aromatic rings. The van der Waals surface area contributed by atoms with Gasteiger partial charge < -0.3 is 15.4 Å². The number of fused-ring (bicyclic) bond motifs is 1. The highest BCUT2D eigenvalue weighted by atomic mass is 35.5. The van der Waals surface area contributed by atoms with Crippen molar-refractivity contribution in [2.24, 2.45) is 0 Å². The summed E-state index contributed by atoms with van der Waals surface area (Å²) in [5.74, 6) is 0.812. The number of rotatable bonds is 3. The molecule has 21 heavy (non-hydrogen) atoms. The molecule has 2 atom stereocenters. The normalized spacial score (nSPS) is 23.7. The zero-order valence-corrected chi connectivity index (χ0v) is 13.3. The Kier molecular flexibility index (Phi) is 5.73. The third-order valence-electron chi connectivity index (χ3n) is 3.96. The Morgan fingerprint density at radius 2 is 2.29 bits per heavy atom. The van der Waals surface area contributed by atoms with Gasteiger partial charge >= 0.3 is 0 Å². The van der Waals surface area contributed by atoms with Gasteiger partial charge in [-0.1, -0.05) is 23.7 Å².